The molecule has 0 atom stereocenters. The molecule has 2 nitrogen and oxygen atoms in total. The van der Waals surface area contributed by atoms with E-state index in [-0.39, 0.29) is 27.4 Å². The molecule has 296 valence electrons. The van der Waals surface area contributed by atoms with E-state index < -0.39 is 5.41 Å². The first-order valence-electron chi connectivity index (χ1n) is 21.7. The van der Waals surface area contributed by atoms with Crippen LogP contribution in [0.25, 0.3) is 22.3 Å². The van der Waals surface area contributed by atoms with Crippen molar-refractivity contribution in [3.63, 3.8) is 0 Å². The van der Waals surface area contributed by atoms with E-state index in [1.54, 1.807) is 0 Å². The van der Waals surface area contributed by atoms with Crippen molar-refractivity contribution in [2.24, 2.45) is 0 Å². The maximum atomic E-state index is 14.7. The van der Waals surface area contributed by atoms with Crippen molar-refractivity contribution in [3.8, 4) is 22.3 Å². The summed E-state index contributed by atoms with van der Waals surface area (Å²) in [6, 6.07) is 52.3. The molecule has 3 aliphatic carbocycles. The highest BCUT2D eigenvalue weighted by molar-refractivity contribution is 6.14. The smallest absolute Gasteiger partial charge is 0.193 e. The number of anilines is 3. The second kappa shape index (κ2) is 11.8. The predicted octanol–water partition coefficient (Wildman–Crippen LogP) is 14.6. The van der Waals surface area contributed by atoms with Gasteiger partial charge in [0.25, 0.3) is 0 Å². The summed E-state index contributed by atoms with van der Waals surface area (Å²) in [6.45, 7) is 23.3. The minimum Gasteiger partial charge on any atom is -0.309 e. The molecule has 7 aromatic rings. The first-order valence-corrected chi connectivity index (χ1v) is 21.7. The summed E-state index contributed by atoms with van der Waals surface area (Å²) in [4.78, 5) is 17.3. The molecule has 1 spiro atoms. The van der Waals surface area contributed by atoms with Gasteiger partial charge in [0, 0.05) is 27.5 Å². The molecule has 4 aliphatic rings. The molecule has 0 radical (unpaired) electrons. The third-order valence-corrected chi connectivity index (χ3v) is 14.8. The molecular weight excluding hydrogens is 727 g/mol. The molecule has 0 bridgehead atoms. The van der Waals surface area contributed by atoms with E-state index in [9.17, 15) is 4.79 Å². The fourth-order valence-electron chi connectivity index (χ4n) is 11.5. The number of benzene rings is 7. The highest BCUT2D eigenvalue weighted by Crippen LogP contribution is 2.66. The molecule has 0 unspecified atom stereocenters. The zero-order valence-corrected chi connectivity index (χ0v) is 36.6. The minimum atomic E-state index is -0.657. The van der Waals surface area contributed by atoms with Crippen LogP contribution >= 0.6 is 0 Å². The van der Waals surface area contributed by atoms with Crippen molar-refractivity contribution < 1.29 is 4.79 Å². The lowest BCUT2D eigenvalue weighted by Crippen LogP contribution is -2.37. The SMILES string of the molecule is CC(C)(C)c1ccc2c(c1)C(C)(C)c1cc(C(C)(C)C)cc(N3c4ccccc4C4(c5ccccc5-c5cc6c(cc54)C(=O)c4ccccc4C6(C)C)c4ccccc43)c1-2. The molecule has 7 aromatic carbocycles. The standard InChI is InChI=1S/C58H53NO/c1-54(2,3)34-27-28-37-45(29-34)57(9,10)48-30-35(55(4,5)6)31-51(52(37)48)59-49-25-17-15-23-43(49)58(44-24-16-18-26-50(44)59)42-22-14-11-19-36(42)39-32-46-40(33-47(39)58)53(60)38-20-12-13-21-41(38)56(46,7)8/h11-33H,1-10H3. The van der Waals surface area contributed by atoms with E-state index in [2.05, 4.69) is 202 Å². The summed E-state index contributed by atoms with van der Waals surface area (Å²) in [5.74, 6) is 0.110. The van der Waals surface area contributed by atoms with Crippen LogP contribution in [-0.4, -0.2) is 5.78 Å². The Morgan fingerprint density at radius 1 is 0.383 bits per heavy atom. The topological polar surface area (TPSA) is 20.3 Å². The quantitative estimate of drug-likeness (QED) is 0.165. The highest BCUT2D eigenvalue weighted by atomic mass is 16.1. The molecule has 0 saturated carbocycles. The average molecular weight is 780 g/mol. The van der Waals surface area contributed by atoms with E-state index in [4.69, 9.17) is 0 Å². The first-order chi connectivity index (χ1) is 28.5. The normalized spacial score (nSPS) is 16.9. The van der Waals surface area contributed by atoms with Crippen LogP contribution in [0.5, 0.6) is 0 Å². The first kappa shape index (κ1) is 37.0. The van der Waals surface area contributed by atoms with Gasteiger partial charge in [-0.15, -0.1) is 0 Å². The molecule has 1 heterocycles. The van der Waals surface area contributed by atoms with Crippen LogP contribution in [0.15, 0.2) is 140 Å². The van der Waals surface area contributed by atoms with Gasteiger partial charge in [0.2, 0.25) is 0 Å². The summed E-state index contributed by atoms with van der Waals surface area (Å²) in [5, 5.41) is 0. The fourth-order valence-corrected chi connectivity index (χ4v) is 11.5. The van der Waals surface area contributed by atoms with Crippen LogP contribution in [0.3, 0.4) is 0 Å². The van der Waals surface area contributed by atoms with Gasteiger partial charge in [-0.25, -0.2) is 0 Å². The zero-order chi connectivity index (χ0) is 41.9. The van der Waals surface area contributed by atoms with Gasteiger partial charge in [0.05, 0.1) is 22.5 Å². The third-order valence-electron chi connectivity index (χ3n) is 14.8. The second-order valence-corrected chi connectivity index (χ2v) is 20.9. The molecule has 0 amide bonds. The Labute approximate surface area is 356 Å². The van der Waals surface area contributed by atoms with Crippen LogP contribution in [-0.2, 0) is 27.1 Å². The number of nitrogens with zero attached hydrogens (tertiary/aromatic N) is 1. The molecule has 2 heteroatoms. The molecule has 0 aromatic heterocycles. The average Bonchev–Trinajstić information content (AvgIpc) is 3.64. The van der Waals surface area contributed by atoms with E-state index >= 15 is 0 Å². The summed E-state index contributed by atoms with van der Waals surface area (Å²) in [7, 11) is 0. The Morgan fingerprint density at radius 2 is 0.883 bits per heavy atom. The van der Waals surface area contributed by atoms with Crippen LogP contribution in [0.1, 0.15) is 141 Å². The molecule has 0 N–H and O–H groups in total. The van der Waals surface area contributed by atoms with E-state index in [1.807, 2.05) is 12.1 Å². The van der Waals surface area contributed by atoms with Crippen LogP contribution < -0.4 is 4.90 Å². The lowest BCUT2D eigenvalue weighted by Gasteiger charge is -2.46. The van der Waals surface area contributed by atoms with Gasteiger partial charge < -0.3 is 4.90 Å². The number of para-hydroxylation sites is 2. The zero-order valence-electron chi connectivity index (χ0n) is 36.6. The van der Waals surface area contributed by atoms with Crippen molar-refractivity contribution in [1.29, 1.82) is 0 Å². The molecule has 60 heavy (non-hydrogen) atoms. The highest BCUT2D eigenvalue weighted by Gasteiger charge is 2.54. The van der Waals surface area contributed by atoms with E-state index in [0.717, 1.165) is 22.3 Å². The van der Waals surface area contributed by atoms with Crippen LogP contribution in [0.4, 0.5) is 17.1 Å². The number of hydrogen-bond donors (Lipinski definition) is 0. The lowest BCUT2D eigenvalue weighted by atomic mass is 9.63. The van der Waals surface area contributed by atoms with Gasteiger partial charge in [-0.1, -0.05) is 178 Å². The molecule has 1 aliphatic heterocycles. The van der Waals surface area contributed by atoms with Crippen LogP contribution in [0, 0.1) is 0 Å². The largest absolute Gasteiger partial charge is 0.309 e. The summed E-state index contributed by atoms with van der Waals surface area (Å²) >= 11 is 0. The fraction of sp³-hybridized carbons (Fsp3) is 0.259. The van der Waals surface area contributed by atoms with E-state index in [0.29, 0.717) is 0 Å². The van der Waals surface area contributed by atoms with Gasteiger partial charge in [-0.2, -0.15) is 0 Å². The van der Waals surface area contributed by atoms with Crippen molar-refractivity contribution in [2.45, 2.75) is 96.3 Å². The predicted molar refractivity (Wildman–Crippen MR) is 249 cm³/mol. The summed E-state index contributed by atoms with van der Waals surface area (Å²) < 4.78 is 0. The summed E-state index contributed by atoms with van der Waals surface area (Å²) in [5.41, 5.74) is 21.6. The van der Waals surface area contributed by atoms with Gasteiger partial charge in [0.15, 0.2) is 5.78 Å². The summed E-state index contributed by atoms with van der Waals surface area (Å²) in [6.07, 6.45) is 0. The van der Waals surface area contributed by atoms with Gasteiger partial charge in [-0.05, 0) is 113 Å². The Bertz CT molecular complexity index is 2980. The molecule has 0 fully saturated rings. The second-order valence-electron chi connectivity index (χ2n) is 20.9. The maximum absolute atomic E-state index is 14.7. The van der Waals surface area contributed by atoms with E-state index in [1.165, 1.54) is 83.8 Å². The monoisotopic (exact) mass is 779 g/mol. The van der Waals surface area contributed by atoms with Crippen LogP contribution in [0.2, 0.25) is 0 Å². The number of carbonyl (C=O) groups excluding carboxylic acids is 1. The van der Waals surface area contributed by atoms with Crippen molar-refractivity contribution >= 4 is 22.8 Å². The lowest BCUT2D eigenvalue weighted by molar-refractivity contribution is 0.103. The number of rotatable bonds is 1. The van der Waals surface area contributed by atoms with Gasteiger partial charge in [-0.3, -0.25) is 4.79 Å². The van der Waals surface area contributed by atoms with Crippen molar-refractivity contribution in [1.82, 2.24) is 0 Å². The van der Waals surface area contributed by atoms with Gasteiger partial charge in [0.1, 0.15) is 0 Å². The maximum Gasteiger partial charge on any atom is 0.193 e. The third kappa shape index (κ3) is 4.63. The Balaban J connectivity index is 1.23. The molecule has 0 saturated heterocycles. The number of carbonyl (C=O) groups is 1. The van der Waals surface area contributed by atoms with Crippen molar-refractivity contribution in [3.05, 3.63) is 206 Å². The van der Waals surface area contributed by atoms with Crippen molar-refractivity contribution in [2.75, 3.05) is 4.90 Å². The number of ketones is 1. The Morgan fingerprint density at radius 3 is 1.52 bits per heavy atom. The van der Waals surface area contributed by atoms with Gasteiger partial charge >= 0.3 is 0 Å². The molecular formula is C58H53NO. The Hall–Kier alpha value is -5.99. The minimum absolute atomic E-state index is 0.0369. The number of fused-ring (bicyclic) bond motifs is 14. The molecule has 11 rings (SSSR count). The number of hydrogen-bond acceptors (Lipinski definition) is 2. The Kier molecular flexibility index (Phi) is 7.31.